The van der Waals surface area contributed by atoms with Gasteiger partial charge in [0.25, 0.3) is 5.24 Å². The monoisotopic (exact) mass is 398 g/mol. The Hall–Kier alpha value is -2.98. The van der Waals surface area contributed by atoms with Crippen LogP contribution in [0.5, 0.6) is 0 Å². The van der Waals surface area contributed by atoms with Crippen molar-refractivity contribution in [3.8, 4) is 11.3 Å². The molecular weight excluding hydrogens is 383 g/mol. The molecule has 3 N–H and O–H groups in total. The third kappa shape index (κ3) is 3.20. The summed E-state index contributed by atoms with van der Waals surface area (Å²) in [5.41, 5.74) is 2.36. The van der Waals surface area contributed by atoms with E-state index in [2.05, 4.69) is 25.7 Å². The van der Waals surface area contributed by atoms with Gasteiger partial charge in [0.2, 0.25) is 5.95 Å². The minimum Gasteiger partial charge on any atom is -0.369 e. The van der Waals surface area contributed by atoms with Crippen LogP contribution in [0.1, 0.15) is 18.4 Å². The number of hydrogen-bond acceptors (Lipinski definition) is 7. The summed E-state index contributed by atoms with van der Waals surface area (Å²) in [5.74, 6) is 0.167. The van der Waals surface area contributed by atoms with E-state index in [4.69, 9.17) is 0 Å². The van der Waals surface area contributed by atoms with Crippen molar-refractivity contribution in [1.29, 1.82) is 0 Å². The molecule has 0 bridgehead atoms. The Morgan fingerprint density at radius 3 is 2.96 bits per heavy atom. The Labute approximate surface area is 162 Å². The zero-order valence-corrected chi connectivity index (χ0v) is 15.3. The number of anilines is 1. The second-order valence-electron chi connectivity index (χ2n) is 6.63. The van der Waals surface area contributed by atoms with Gasteiger partial charge in [0, 0.05) is 40.4 Å². The standard InChI is InChI=1S/C18H15FN6O2S/c19-14-6-9(3-4-20-14)12-7-15(22-11-1-2-11)25-16(23-12)10(8-21-25)5-13-17(26)24-18(27)28-13/h3-8,11,17,22,26H,1-2H2,(H,24,27)/b13-5-. The van der Waals surface area contributed by atoms with Crippen LogP contribution in [0, 0.1) is 5.95 Å². The molecule has 0 aromatic carbocycles. The molecule has 1 saturated heterocycles. The molecule has 3 aromatic heterocycles. The van der Waals surface area contributed by atoms with Gasteiger partial charge in [0.15, 0.2) is 11.9 Å². The Kier molecular flexibility index (Phi) is 4.02. The van der Waals surface area contributed by atoms with Gasteiger partial charge >= 0.3 is 0 Å². The number of aliphatic hydroxyl groups is 1. The summed E-state index contributed by atoms with van der Waals surface area (Å²) >= 11 is 0.931. The molecule has 1 atom stereocenters. The molecule has 1 unspecified atom stereocenters. The number of halogens is 1. The first-order valence-electron chi connectivity index (χ1n) is 8.72. The molecule has 28 heavy (non-hydrogen) atoms. The molecule has 2 aliphatic rings. The molecule has 2 fully saturated rings. The molecule has 5 rings (SSSR count). The largest absolute Gasteiger partial charge is 0.369 e. The molecule has 10 heteroatoms. The van der Waals surface area contributed by atoms with Gasteiger partial charge in [-0.15, -0.1) is 0 Å². The minimum absolute atomic E-state index is 0.313. The lowest BCUT2D eigenvalue weighted by Gasteiger charge is -2.10. The number of aliphatic hydroxyl groups excluding tert-OH is 1. The Bertz CT molecular complexity index is 1130. The third-order valence-corrected chi connectivity index (χ3v) is 5.36. The molecule has 3 aromatic rings. The predicted octanol–water partition coefficient (Wildman–Crippen LogP) is 2.62. The molecule has 0 spiro atoms. The number of rotatable bonds is 4. The van der Waals surface area contributed by atoms with Crippen molar-refractivity contribution in [2.45, 2.75) is 25.1 Å². The summed E-state index contributed by atoms with van der Waals surface area (Å²) in [5, 5.41) is 19.9. The number of hydrogen-bond donors (Lipinski definition) is 3. The maximum absolute atomic E-state index is 13.6. The summed E-state index contributed by atoms with van der Waals surface area (Å²) in [4.78, 5) is 20.2. The molecule has 8 nitrogen and oxygen atoms in total. The number of thioether (sulfide) groups is 1. The molecule has 1 aliphatic carbocycles. The van der Waals surface area contributed by atoms with Crippen LogP contribution in [-0.4, -0.2) is 42.2 Å². The van der Waals surface area contributed by atoms with Gasteiger partial charge in [-0.05, 0) is 36.7 Å². The highest BCUT2D eigenvalue weighted by Gasteiger charge is 2.27. The molecule has 1 amide bonds. The highest BCUT2D eigenvalue weighted by Crippen LogP contribution is 2.32. The number of fused-ring (bicyclic) bond motifs is 1. The van der Waals surface area contributed by atoms with Crippen molar-refractivity contribution in [2.24, 2.45) is 0 Å². The molecule has 1 aliphatic heterocycles. The summed E-state index contributed by atoms with van der Waals surface area (Å²) < 4.78 is 15.3. The lowest BCUT2D eigenvalue weighted by Crippen LogP contribution is -2.24. The van der Waals surface area contributed by atoms with E-state index < -0.39 is 12.2 Å². The van der Waals surface area contributed by atoms with Gasteiger partial charge in [-0.3, -0.25) is 4.79 Å². The first kappa shape index (κ1) is 17.1. The van der Waals surface area contributed by atoms with Crippen molar-refractivity contribution in [1.82, 2.24) is 24.9 Å². The summed E-state index contributed by atoms with van der Waals surface area (Å²) in [7, 11) is 0. The lowest BCUT2D eigenvalue weighted by molar-refractivity contribution is 0.192. The predicted molar refractivity (Wildman–Crippen MR) is 103 cm³/mol. The van der Waals surface area contributed by atoms with Crippen molar-refractivity contribution in [3.05, 3.63) is 47.0 Å². The number of aromatic nitrogens is 4. The minimum atomic E-state index is -1.05. The Morgan fingerprint density at radius 2 is 2.25 bits per heavy atom. The van der Waals surface area contributed by atoms with E-state index in [0.29, 0.717) is 33.4 Å². The molecule has 4 heterocycles. The van der Waals surface area contributed by atoms with E-state index in [1.54, 1.807) is 22.9 Å². The molecule has 1 saturated carbocycles. The van der Waals surface area contributed by atoms with Gasteiger partial charge < -0.3 is 15.7 Å². The third-order valence-electron chi connectivity index (χ3n) is 4.48. The maximum Gasteiger partial charge on any atom is 0.285 e. The van der Waals surface area contributed by atoms with Crippen LogP contribution >= 0.6 is 11.8 Å². The van der Waals surface area contributed by atoms with Crippen molar-refractivity contribution >= 4 is 34.5 Å². The summed E-state index contributed by atoms with van der Waals surface area (Å²) in [6.45, 7) is 0. The van der Waals surface area contributed by atoms with E-state index in [-0.39, 0.29) is 5.24 Å². The fraction of sp³-hybridized carbons (Fsp3) is 0.222. The summed E-state index contributed by atoms with van der Waals surface area (Å²) in [6, 6.07) is 5.23. The van der Waals surface area contributed by atoms with Crippen LogP contribution in [0.2, 0.25) is 0 Å². The van der Waals surface area contributed by atoms with Crippen molar-refractivity contribution < 1.29 is 14.3 Å². The van der Waals surface area contributed by atoms with Gasteiger partial charge in [-0.1, -0.05) is 0 Å². The number of amides is 1. The highest BCUT2D eigenvalue weighted by molar-refractivity contribution is 8.17. The first-order chi connectivity index (χ1) is 13.6. The van der Waals surface area contributed by atoms with Crippen LogP contribution < -0.4 is 10.6 Å². The number of nitrogens with one attached hydrogen (secondary N) is 2. The highest BCUT2D eigenvalue weighted by atomic mass is 32.2. The number of nitrogens with zero attached hydrogens (tertiary/aromatic N) is 4. The number of carbonyl (C=O) groups excluding carboxylic acids is 1. The van der Waals surface area contributed by atoms with E-state index >= 15 is 0 Å². The van der Waals surface area contributed by atoms with Crippen LogP contribution in [0.4, 0.5) is 15.0 Å². The second kappa shape index (κ2) is 6.57. The molecule has 0 radical (unpaired) electrons. The van der Waals surface area contributed by atoms with Crippen LogP contribution in [0.3, 0.4) is 0 Å². The number of pyridine rings is 1. The average Bonchev–Trinajstić information content (AvgIpc) is 3.30. The van der Waals surface area contributed by atoms with Gasteiger partial charge in [-0.2, -0.15) is 14.0 Å². The van der Waals surface area contributed by atoms with Crippen LogP contribution in [-0.2, 0) is 0 Å². The fourth-order valence-electron chi connectivity index (χ4n) is 2.97. The van der Waals surface area contributed by atoms with Crippen molar-refractivity contribution in [3.63, 3.8) is 0 Å². The summed E-state index contributed by atoms with van der Waals surface area (Å²) in [6.07, 6.45) is 5.82. The van der Waals surface area contributed by atoms with E-state index in [9.17, 15) is 14.3 Å². The fourth-order valence-corrected chi connectivity index (χ4v) is 3.71. The zero-order valence-electron chi connectivity index (χ0n) is 14.5. The SMILES string of the molecule is O=C1NC(O)/C(=C/c2cnn3c(NC4CC4)cc(-c4ccnc(F)c4)nc23)S1. The van der Waals surface area contributed by atoms with Crippen LogP contribution in [0.25, 0.3) is 23.0 Å². The second-order valence-corrected chi connectivity index (χ2v) is 7.68. The quantitative estimate of drug-likeness (QED) is 0.580. The van der Waals surface area contributed by atoms with Crippen LogP contribution in [0.15, 0.2) is 35.5 Å². The van der Waals surface area contributed by atoms with E-state index in [1.807, 2.05) is 6.07 Å². The number of carbonyl (C=O) groups is 1. The zero-order chi connectivity index (χ0) is 19.3. The Balaban J connectivity index is 1.65. The molecular formula is C18H15FN6O2S. The van der Waals surface area contributed by atoms with Crippen molar-refractivity contribution in [2.75, 3.05) is 5.32 Å². The Morgan fingerprint density at radius 1 is 1.39 bits per heavy atom. The van der Waals surface area contributed by atoms with Gasteiger partial charge in [0.05, 0.1) is 11.9 Å². The van der Waals surface area contributed by atoms with Gasteiger partial charge in [-0.25, -0.2) is 9.97 Å². The smallest absolute Gasteiger partial charge is 0.285 e. The molecule has 142 valence electrons. The normalized spacial score (nSPS) is 20.7. The first-order valence-corrected chi connectivity index (χ1v) is 9.54. The van der Waals surface area contributed by atoms with E-state index in [0.717, 1.165) is 30.4 Å². The average molecular weight is 398 g/mol. The maximum atomic E-state index is 13.6. The lowest BCUT2D eigenvalue weighted by atomic mass is 10.2. The topological polar surface area (TPSA) is 104 Å². The van der Waals surface area contributed by atoms with Gasteiger partial charge in [0.1, 0.15) is 5.82 Å². The van der Waals surface area contributed by atoms with E-state index in [1.165, 1.54) is 12.3 Å².